The monoisotopic (exact) mass is 276 g/mol. The van der Waals surface area contributed by atoms with Crippen LogP contribution in [0, 0.1) is 5.92 Å². The van der Waals surface area contributed by atoms with Crippen molar-refractivity contribution in [3.8, 4) is 0 Å². The summed E-state index contributed by atoms with van der Waals surface area (Å²) in [6.07, 6.45) is 3.81. The summed E-state index contributed by atoms with van der Waals surface area (Å²) in [5, 5.41) is 2.95. The molecule has 4 heteroatoms. The van der Waals surface area contributed by atoms with Crippen molar-refractivity contribution in [2.45, 2.75) is 31.7 Å². The molecule has 1 saturated heterocycles. The van der Waals surface area contributed by atoms with Gasteiger partial charge in [0.1, 0.15) is 0 Å². The lowest BCUT2D eigenvalue weighted by Crippen LogP contribution is -2.42. The van der Waals surface area contributed by atoms with Gasteiger partial charge in [-0.3, -0.25) is 4.79 Å². The van der Waals surface area contributed by atoms with Crippen molar-refractivity contribution in [2.75, 3.05) is 19.8 Å². The molecule has 3 N–H and O–H groups in total. The fourth-order valence-electron chi connectivity index (χ4n) is 2.53. The van der Waals surface area contributed by atoms with Crippen LogP contribution < -0.4 is 11.1 Å². The molecule has 20 heavy (non-hydrogen) atoms. The Balaban J connectivity index is 1.66. The quantitative estimate of drug-likeness (QED) is 0.827. The number of hydrogen-bond donors (Lipinski definition) is 2. The minimum atomic E-state index is -0.466. The summed E-state index contributed by atoms with van der Waals surface area (Å²) in [7, 11) is 0. The van der Waals surface area contributed by atoms with Crippen LogP contribution in [0.3, 0.4) is 0 Å². The summed E-state index contributed by atoms with van der Waals surface area (Å²) in [6, 6.07) is 9.41. The van der Waals surface area contributed by atoms with Gasteiger partial charge in [0.15, 0.2) is 0 Å². The van der Waals surface area contributed by atoms with Crippen LogP contribution in [-0.4, -0.2) is 31.7 Å². The van der Waals surface area contributed by atoms with Gasteiger partial charge < -0.3 is 15.8 Å². The van der Waals surface area contributed by atoms with Gasteiger partial charge in [-0.1, -0.05) is 30.3 Å². The Bertz CT molecular complexity index is 402. The molecule has 1 aliphatic heterocycles. The number of nitrogens with two attached hydrogens (primary N) is 1. The molecule has 1 heterocycles. The lowest BCUT2D eigenvalue weighted by Gasteiger charge is -2.22. The van der Waals surface area contributed by atoms with Crippen LogP contribution in [0.4, 0.5) is 0 Å². The highest BCUT2D eigenvalue weighted by Gasteiger charge is 2.16. The third kappa shape index (κ3) is 4.94. The molecule has 2 rings (SSSR count). The van der Waals surface area contributed by atoms with Crippen molar-refractivity contribution >= 4 is 5.91 Å². The zero-order chi connectivity index (χ0) is 14.2. The second-order valence-corrected chi connectivity index (χ2v) is 5.43. The number of hydrogen-bond acceptors (Lipinski definition) is 3. The molecule has 1 fully saturated rings. The minimum absolute atomic E-state index is 0.0547. The van der Waals surface area contributed by atoms with Crippen molar-refractivity contribution in [1.29, 1.82) is 0 Å². The summed E-state index contributed by atoms with van der Waals surface area (Å²) < 4.78 is 5.32. The van der Waals surface area contributed by atoms with E-state index < -0.39 is 6.04 Å². The average Bonchev–Trinajstić information content (AvgIpc) is 2.49. The standard InChI is InChI=1S/C16H24N2O2/c17-15(12-14-4-2-1-3-5-14)16(19)18-9-6-13-7-10-20-11-8-13/h1-5,13,15H,6-12,17H2,(H,18,19)/t15-/m0/s1. The number of carbonyl (C=O) groups excluding carboxylic acids is 1. The van der Waals surface area contributed by atoms with Crippen LogP contribution in [0.15, 0.2) is 30.3 Å². The molecule has 0 bridgehead atoms. The molecular formula is C16H24N2O2. The van der Waals surface area contributed by atoms with E-state index in [-0.39, 0.29) is 5.91 Å². The highest BCUT2D eigenvalue weighted by Crippen LogP contribution is 2.17. The highest BCUT2D eigenvalue weighted by atomic mass is 16.5. The Hall–Kier alpha value is -1.39. The predicted molar refractivity (Wildman–Crippen MR) is 79.3 cm³/mol. The highest BCUT2D eigenvalue weighted by molar-refractivity contribution is 5.81. The van der Waals surface area contributed by atoms with Gasteiger partial charge in [-0.2, -0.15) is 0 Å². The van der Waals surface area contributed by atoms with Gasteiger partial charge in [0.2, 0.25) is 5.91 Å². The SMILES string of the molecule is N[C@@H](Cc1ccccc1)C(=O)NCCC1CCOCC1. The van der Waals surface area contributed by atoms with Gasteiger partial charge in [-0.05, 0) is 37.2 Å². The Labute approximate surface area is 120 Å². The number of rotatable bonds is 6. The molecule has 1 atom stereocenters. The first-order chi connectivity index (χ1) is 9.75. The van der Waals surface area contributed by atoms with E-state index in [9.17, 15) is 4.79 Å². The number of benzene rings is 1. The Morgan fingerprint density at radius 2 is 2.00 bits per heavy atom. The third-order valence-electron chi connectivity index (χ3n) is 3.83. The van der Waals surface area contributed by atoms with Crippen LogP contribution in [0.2, 0.25) is 0 Å². The van der Waals surface area contributed by atoms with Crippen LogP contribution in [0.25, 0.3) is 0 Å². The third-order valence-corrected chi connectivity index (χ3v) is 3.83. The van der Waals surface area contributed by atoms with Crippen molar-refractivity contribution in [1.82, 2.24) is 5.32 Å². The molecule has 1 amide bonds. The first kappa shape index (κ1) is 15.0. The molecule has 0 radical (unpaired) electrons. The van der Waals surface area contributed by atoms with Crippen LogP contribution in [0.1, 0.15) is 24.8 Å². The summed E-state index contributed by atoms with van der Waals surface area (Å²) in [5.74, 6) is 0.621. The molecular weight excluding hydrogens is 252 g/mol. The fourth-order valence-corrected chi connectivity index (χ4v) is 2.53. The molecule has 1 aliphatic rings. The molecule has 0 saturated carbocycles. The fraction of sp³-hybridized carbons (Fsp3) is 0.562. The molecule has 1 aromatic rings. The van der Waals surface area contributed by atoms with Crippen molar-refractivity contribution in [3.05, 3.63) is 35.9 Å². The van der Waals surface area contributed by atoms with E-state index in [1.165, 1.54) is 0 Å². The van der Waals surface area contributed by atoms with Gasteiger partial charge in [-0.15, -0.1) is 0 Å². The molecule has 0 unspecified atom stereocenters. The zero-order valence-electron chi connectivity index (χ0n) is 11.9. The average molecular weight is 276 g/mol. The smallest absolute Gasteiger partial charge is 0.237 e. The van der Waals surface area contributed by atoms with Gasteiger partial charge >= 0.3 is 0 Å². The molecule has 110 valence electrons. The Kier molecular flexibility index (Phi) is 6.02. The predicted octanol–water partition coefficient (Wildman–Crippen LogP) is 1.49. The van der Waals surface area contributed by atoms with E-state index in [0.717, 1.165) is 38.0 Å². The van der Waals surface area contributed by atoms with E-state index in [1.807, 2.05) is 30.3 Å². The van der Waals surface area contributed by atoms with Crippen molar-refractivity contribution in [3.63, 3.8) is 0 Å². The number of ether oxygens (including phenoxy) is 1. The molecule has 0 aromatic heterocycles. The normalized spacial score (nSPS) is 17.6. The van der Waals surface area contributed by atoms with Crippen molar-refractivity contribution in [2.24, 2.45) is 11.7 Å². The first-order valence-corrected chi connectivity index (χ1v) is 7.40. The van der Waals surface area contributed by atoms with E-state index in [0.29, 0.717) is 18.9 Å². The van der Waals surface area contributed by atoms with E-state index in [1.54, 1.807) is 0 Å². The van der Waals surface area contributed by atoms with E-state index in [2.05, 4.69) is 5.32 Å². The summed E-state index contributed by atoms with van der Waals surface area (Å²) in [5.41, 5.74) is 7.03. The minimum Gasteiger partial charge on any atom is -0.381 e. The summed E-state index contributed by atoms with van der Waals surface area (Å²) >= 11 is 0. The van der Waals surface area contributed by atoms with Crippen LogP contribution in [-0.2, 0) is 16.0 Å². The Morgan fingerprint density at radius 3 is 2.70 bits per heavy atom. The zero-order valence-corrected chi connectivity index (χ0v) is 11.9. The first-order valence-electron chi connectivity index (χ1n) is 7.40. The summed E-state index contributed by atoms with van der Waals surface area (Å²) in [6.45, 7) is 2.42. The summed E-state index contributed by atoms with van der Waals surface area (Å²) in [4.78, 5) is 11.9. The largest absolute Gasteiger partial charge is 0.381 e. The van der Waals surface area contributed by atoms with E-state index in [4.69, 9.17) is 10.5 Å². The maximum Gasteiger partial charge on any atom is 0.237 e. The maximum atomic E-state index is 11.9. The molecule has 0 aliphatic carbocycles. The molecule has 4 nitrogen and oxygen atoms in total. The van der Waals surface area contributed by atoms with Crippen LogP contribution in [0.5, 0.6) is 0 Å². The lowest BCUT2D eigenvalue weighted by atomic mass is 9.96. The van der Waals surface area contributed by atoms with Gasteiger partial charge in [0.25, 0.3) is 0 Å². The second kappa shape index (κ2) is 8.02. The lowest BCUT2D eigenvalue weighted by molar-refractivity contribution is -0.122. The Morgan fingerprint density at radius 1 is 1.30 bits per heavy atom. The van der Waals surface area contributed by atoms with E-state index >= 15 is 0 Å². The van der Waals surface area contributed by atoms with Gasteiger partial charge in [0.05, 0.1) is 6.04 Å². The van der Waals surface area contributed by atoms with Crippen LogP contribution >= 0.6 is 0 Å². The molecule has 0 spiro atoms. The number of nitrogens with one attached hydrogen (secondary N) is 1. The topological polar surface area (TPSA) is 64.4 Å². The maximum absolute atomic E-state index is 11.9. The second-order valence-electron chi connectivity index (χ2n) is 5.43. The van der Waals surface area contributed by atoms with Gasteiger partial charge in [-0.25, -0.2) is 0 Å². The van der Waals surface area contributed by atoms with Crippen molar-refractivity contribution < 1.29 is 9.53 Å². The molecule has 1 aromatic carbocycles. The number of amides is 1. The van der Waals surface area contributed by atoms with Gasteiger partial charge in [0, 0.05) is 19.8 Å². The number of carbonyl (C=O) groups is 1.